The van der Waals surface area contributed by atoms with Gasteiger partial charge < -0.3 is 5.11 Å². The minimum Gasteiger partial charge on any atom is -0.481 e. The molecule has 1 N–H and O–H groups in total. The number of hydrogen-bond acceptors (Lipinski definition) is 1. The van der Waals surface area contributed by atoms with Crippen LogP contribution in [0.3, 0.4) is 0 Å². The number of hydrogen-bond donors (Lipinski definition) is 1. The maximum Gasteiger partial charge on any atom is 0.308 e. The highest BCUT2D eigenvalue weighted by molar-refractivity contribution is 6.76. The van der Waals surface area contributed by atoms with Gasteiger partial charge in [0.1, 0.15) is 0 Å². The van der Waals surface area contributed by atoms with Crippen molar-refractivity contribution in [2.75, 3.05) is 0 Å². The van der Waals surface area contributed by atoms with Crippen LogP contribution in [0.15, 0.2) is 0 Å². The van der Waals surface area contributed by atoms with Crippen molar-refractivity contribution >= 4 is 14.0 Å². The molecule has 0 aromatic rings. The molecule has 0 bridgehead atoms. The topological polar surface area (TPSA) is 37.3 Å². The highest BCUT2D eigenvalue weighted by Gasteiger charge is 2.32. The van der Waals surface area contributed by atoms with Gasteiger partial charge in [0, 0.05) is 8.07 Å². The van der Waals surface area contributed by atoms with Crippen LogP contribution < -0.4 is 0 Å². The third-order valence-corrected chi connectivity index (χ3v) is 3.50. The predicted molar refractivity (Wildman–Crippen MR) is 49.6 cm³/mol. The Balaban J connectivity index is 4.25. The van der Waals surface area contributed by atoms with Gasteiger partial charge in [-0.15, -0.1) is 0 Å². The fourth-order valence-corrected chi connectivity index (χ4v) is 4.20. The molecule has 0 unspecified atom stereocenters. The van der Waals surface area contributed by atoms with Gasteiger partial charge in [0.05, 0.1) is 5.41 Å². The lowest BCUT2D eigenvalue weighted by Gasteiger charge is -2.26. The van der Waals surface area contributed by atoms with Crippen LogP contribution in [-0.4, -0.2) is 19.1 Å². The van der Waals surface area contributed by atoms with Gasteiger partial charge in [-0.3, -0.25) is 4.79 Å². The van der Waals surface area contributed by atoms with E-state index in [0.29, 0.717) is 0 Å². The highest BCUT2D eigenvalue weighted by atomic mass is 28.3. The molecule has 0 radical (unpaired) electrons. The molecular formula is C8H18O2Si. The Kier molecular flexibility index (Phi) is 2.89. The van der Waals surface area contributed by atoms with Crippen LogP contribution in [0.25, 0.3) is 0 Å². The van der Waals surface area contributed by atoms with Crippen LogP contribution in [-0.2, 0) is 4.79 Å². The van der Waals surface area contributed by atoms with E-state index in [1.165, 1.54) is 0 Å². The summed E-state index contributed by atoms with van der Waals surface area (Å²) in [7, 11) is -1.24. The molecule has 0 spiro atoms. The lowest BCUT2D eigenvalue weighted by molar-refractivity contribution is -0.145. The maximum atomic E-state index is 10.7. The second-order valence-corrected chi connectivity index (χ2v) is 10.4. The number of carboxylic acids is 1. The molecule has 0 saturated heterocycles. The lowest BCUT2D eigenvalue weighted by Crippen LogP contribution is -2.34. The summed E-state index contributed by atoms with van der Waals surface area (Å²) in [6.45, 7) is 10.2. The van der Waals surface area contributed by atoms with Crippen molar-refractivity contribution in [3.63, 3.8) is 0 Å². The van der Waals surface area contributed by atoms with Crippen LogP contribution in [0, 0.1) is 5.41 Å². The zero-order chi connectivity index (χ0) is 9.28. The second kappa shape index (κ2) is 2.97. The van der Waals surface area contributed by atoms with Crippen LogP contribution in [0.5, 0.6) is 0 Å². The van der Waals surface area contributed by atoms with Crippen molar-refractivity contribution in [3.8, 4) is 0 Å². The van der Waals surface area contributed by atoms with Gasteiger partial charge in [-0.05, 0) is 19.9 Å². The molecule has 0 rings (SSSR count). The summed E-state index contributed by atoms with van der Waals surface area (Å²) in [6.07, 6.45) is 0. The SMILES string of the molecule is CC(C)(C[Si](C)(C)C)C(=O)O. The largest absolute Gasteiger partial charge is 0.481 e. The van der Waals surface area contributed by atoms with E-state index in [0.717, 1.165) is 6.04 Å². The Morgan fingerprint density at radius 3 is 1.82 bits per heavy atom. The van der Waals surface area contributed by atoms with Gasteiger partial charge in [0.15, 0.2) is 0 Å². The molecule has 0 aromatic heterocycles. The summed E-state index contributed by atoms with van der Waals surface area (Å²) in [5.41, 5.74) is -0.537. The van der Waals surface area contributed by atoms with Gasteiger partial charge in [-0.25, -0.2) is 0 Å². The van der Waals surface area contributed by atoms with E-state index in [9.17, 15) is 4.79 Å². The van der Waals surface area contributed by atoms with E-state index in [2.05, 4.69) is 19.6 Å². The highest BCUT2D eigenvalue weighted by Crippen LogP contribution is 2.28. The summed E-state index contributed by atoms with van der Waals surface area (Å²) in [5.74, 6) is -0.681. The molecule has 0 aliphatic heterocycles. The van der Waals surface area contributed by atoms with E-state index in [4.69, 9.17) is 5.11 Å². The zero-order valence-corrected chi connectivity index (χ0v) is 9.06. The molecule has 0 aliphatic rings. The van der Waals surface area contributed by atoms with Crippen LogP contribution in [0.4, 0.5) is 0 Å². The summed E-state index contributed by atoms with van der Waals surface area (Å²) in [4.78, 5) is 10.7. The average Bonchev–Trinajstić information content (AvgIpc) is 1.56. The fourth-order valence-electron chi connectivity index (χ4n) is 1.40. The van der Waals surface area contributed by atoms with Crippen molar-refractivity contribution < 1.29 is 9.90 Å². The average molecular weight is 174 g/mol. The molecule has 0 atom stereocenters. The summed E-state index contributed by atoms with van der Waals surface area (Å²) in [6, 6.07) is 0.843. The van der Waals surface area contributed by atoms with Gasteiger partial charge in [0.25, 0.3) is 0 Å². The van der Waals surface area contributed by atoms with Crippen molar-refractivity contribution in [2.45, 2.75) is 39.5 Å². The Morgan fingerprint density at radius 2 is 1.73 bits per heavy atom. The van der Waals surface area contributed by atoms with Gasteiger partial charge >= 0.3 is 5.97 Å². The van der Waals surface area contributed by atoms with E-state index in [1.807, 2.05) is 0 Å². The first-order valence-corrected chi connectivity index (χ1v) is 7.59. The van der Waals surface area contributed by atoms with Crippen molar-refractivity contribution in [1.82, 2.24) is 0 Å². The molecule has 0 aromatic carbocycles. The molecule has 2 nitrogen and oxygen atoms in total. The minimum absolute atomic E-state index is 0.537. The number of carboxylic acid groups (broad SMARTS) is 1. The van der Waals surface area contributed by atoms with Crippen molar-refractivity contribution in [3.05, 3.63) is 0 Å². The monoisotopic (exact) mass is 174 g/mol. The maximum absolute atomic E-state index is 10.7. The van der Waals surface area contributed by atoms with Crippen LogP contribution >= 0.6 is 0 Å². The summed E-state index contributed by atoms with van der Waals surface area (Å²) >= 11 is 0. The van der Waals surface area contributed by atoms with Crippen molar-refractivity contribution in [2.24, 2.45) is 5.41 Å². The number of rotatable bonds is 3. The first kappa shape index (κ1) is 10.7. The molecular weight excluding hydrogens is 156 g/mol. The molecule has 0 heterocycles. The number of aliphatic carboxylic acids is 1. The normalized spacial score (nSPS) is 13.2. The molecule has 66 valence electrons. The van der Waals surface area contributed by atoms with Crippen molar-refractivity contribution in [1.29, 1.82) is 0 Å². The predicted octanol–water partition coefficient (Wildman–Crippen LogP) is 2.44. The molecule has 0 aliphatic carbocycles. The molecule has 0 amide bonds. The van der Waals surface area contributed by atoms with E-state index >= 15 is 0 Å². The first-order valence-electron chi connectivity index (χ1n) is 3.88. The van der Waals surface area contributed by atoms with E-state index in [-0.39, 0.29) is 0 Å². The molecule has 11 heavy (non-hydrogen) atoms. The van der Waals surface area contributed by atoms with Gasteiger partial charge in [0.2, 0.25) is 0 Å². The Bertz CT molecular complexity index is 156. The Labute approximate surface area is 69.6 Å². The van der Waals surface area contributed by atoms with E-state index in [1.54, 1.807) is 13.8 Å². The standard InChI is InChI=1S/C8H18O2Si/c1-8(2,7(9)10)6-11(3,4)5/h6H2,1-5H3,(H,9,10). The summed E-state index contributed by atoms with van der Waals surface area (Å²) in [5, 5.41) is 8.83. The molecule has 3 heteroatoms. The van der Waals surface area contributed by atoms with E-state index < -0.39 is 19.5 Å². The quantitative estimate of drug-likeness (QED) is 0.667. The third kappa shape index (κ3) is 4.19. The van der Waals surface area contributed by atoms with Gasteiger partial charge in [-0.2, -0.15) is 0 Å². The van der Waals surface area contributed by atoms with Crippen LogP contribution in [0.1, 0.15) is 13.8 Å². The lowest BCUT2D eigenvalue weighted by atomic mass is 9.97. The minimum atomic E-state index is -1.24. The second-order valence-electron chi connectivity index (χ2n) is 4.93. The summed E-state index contributed by atoms with van der Waals surface area (Å²) < 4.78 is 0. The Morgan fingerprint density at radius 1 is 1.36 bits per heavy atom. The smallest absolute Gasteiger partial charge is 0.308 e. The zero-order valence-electron chi connectivity index (χ0n) is 8.06. The third-order valence-electron chi connectivity index (χ3n) is 1.55. The number of carbonyl (C=O) groups is 1. The fraction of sp³-hybridized carbons (Fsp3) is 0.875. The molecule has 0 saturated carbocycles. The first-order chi connectivity index (χ1) is 4.65. The van der Waals surface area contributed by atoms with Gasteiger partial charge in [-0.1, -0.05) is 19.6 Å². The van der Waals surface area contributed by atoms with Crippen LogP contribution in [0.2, 0.25) is 25.7 Å². The molecule has 0 fully saturated rings. The Hall–Kier alpha value is -0.313.